The van der Waals surface area contributed by atoms with Gasteiger partial charge >= 0.3 is 11.0 Å². The molecule has 49 valence electrons. The van der Waals surface area contributed by atoms with Gasteiger partial charge in [-0.2, -0.15) is 0 Å². The van der Waals surface area contributed by atoms with E-state index in [-0.39, 0.29) is 11.0 Å². The van der Waals surface area contributed by atoms with Gasteiger partial charge in [0.2, 0.25) is 0 Å². The fraction of sp³-hybridized carbons (Fsp3) is 0. The Morgan fingerprint density at radius 1 is 0.500 bits per heavy atom. The number of hydrogen-bond donors (Lipinski definition) is 0. The molecule has 0 spiro atoms. The second kappa shape index (κ2) is 205. The molecule has 0 atom stereocenters. The predicted octanol–water partition coefficient (Wildman–Crippen LogP) is 2.22. The SMILES string of the molecule is [N-]=[N+]=[N-].[N-]=[N+]=[N-].[N-]=[N+]=[N-].[Si+3]. The Hall–Kier alpha value is -1.85. The molecular weight excluding hydrogens is 154 g/mol. The molecule has 0 aromatic rings. The maximum Gasteiger partial charge on any atom is 3.00 e. The summed E-state index contributed by atoms with van der Waals surface area (Å²) in [6, 6.07) is 0. The van der Waals surface area contributed by atoms with Crippen LogP contribution >= 0.6 is 0 Å². The molecule has 10 heteroatoms. The molecule has 0 amide bonds. The summed E-state index contributed by atoms with van der Waals surface area (Å²) < 4.78 is 0. The molecule has 1 radical (unpaired) electrons. The molecule has 0 aliphatic rings. The van der Waals surface area contributed by atoms with Gasteiger partial charge in [-0.1, -0.05) is 0 Å². The van der Waals surface area contributed by atoms with Crippen molar-refractivity contribution in [3.63, 3.8) is 0 Å². The Bertz CT molecular complexity index is 96.3. The Labute approximate surface area is 59.9 Å². The van der Waals surface area contributed by atoms with Crippen molar-refractivity contribution < 1.29 is 0 Å². The minimum Gasteiger partial charge on any atom is -0.373 e. The average molecular weight is 154 g/mol. The molecule has 9 nitrogen and oxygen atoms in total. The molecule has 0 N–H and O–H groups in total. The fourth-order valence-corrected chi connectivity index (χ4v) is 0. The molecule has 0 saturated heterocycles. The van der Waals surface area contributed by atoms with Crippen LogP contribution in [0.5, 0.6) is 0 Å². The van der Waals surface area contributed by atoms with Crippen molar-refractivity contribution in [2.75, 3.05) is 0 Å². The van der Waals surface area contributed by atoms with E-state index in [1.807, 2.05) is 0 Å². The van der Waals surface area contributed by atoms with Crippen LogP contribution in [0, 0.1) is 0 Å². The Kier molecular flexibility index (Phi) is 497. The van der Waals surface area contributed by atoms with Gasteiger partial charge in [0, 0.05) is 0 Å². The van der Waals surface area contributed by atoms with Gasteiger partial charge < -0.3 is 33.2 Å². The monoisotopic (exact) mass is 154 g/mol. The quantitative estimate of drug-likeness (QED) is 0.215. The molecule has 0 aromatic carbocycles. The number of hydrogen-bond acceptors (Lipinski definition) is 0. The molecule has 0 heterocycles. The molecule has 0 aliphatic heterocycles. The van der Waals surface area contributed by atoms with Crippen LogP contribution in [0.1, 0.15) is 0 Å². The Morgan fingerprint density at radius 2 is 0.500 bits per heavy atom. The Balaban J connectivity index is -0.0000000257. The van der Waals surface area contributed by atoms with E-state index in [2.05, 4.69) is 0 Å². The van der Waals surface area contributed by atoms with Crippen LogP contribution < -0.4 is 0 Å². The van der Waals surface area contributed by atoms with Crippen LogP contribution in [-0.2, 0) is 0 Å². The van der Waals surface area contributed by atoms with Crippen molar-refractivity contribution in [1.82, 2.24) is 0 Å². The first kappa shape index (κ1) is 24.2. The van der Waals surface area contributed by atoms with Crippen LogP contribution in [0.2, 0.25) is 0 Å². The molecule has 0 fully saturated rings. The van der Waals surface area contributed by atoms with Gasteiger partial charge in [-0.15, -0.1) is 0 Å². The molecule has 0 saturated carbocycles. The average Bonchev–Trinajstić information content (AvgIpc) is 1.70. The van der Waals surface area contributed by atoms with Crippen LogP contribution in [0.25, 0.3) is 47.9 Å². The predicted molar refractivity (Wildman–Crippen MR) is 36.0 cm³/mol. The van der Waals surface area contributed by atoms with Gasteiger partial charge in [-0.25, -0.2) is 0 Å². The van der Waals surface area contributed by atoms with Crippen LogP contribution in [0.15, 0.2) is 0 Å². The van der Waals surface area contributed by atoms with Crippen LogP contribution in [0.3, 0.4) is 0 Å². The summed E-state index contributed by atoms with van der Waals surface area (Å²) >= 11 is 0. The first-order valence-electron chi connectivity index (χ1n) is 1.20. The van der Waals surface area contributed by atoms with Gasteiger partial charge in [0.1, 0.15) is 0 Å². The maximum absolute atomic E-state index is 6.75. The standard InChI is InChI=1S/3N3.Si/c3*1-3-2;/q3*-1;+3. The first-order chi connectivity index (χ1) is 4.24. The van der Waals surface area contributed by atoms with E-state index in [4.69, 9.17) is 33.2 Å². The third-order valence-electron chi connectivity index (χ3n) is 0. The molecule has 10 heavy (non-hydrogen) atoms. The normalized spacial score (nSPS) is 2.40. The van der Waals surface area contributed by atoms with E-state index in [0.29, 0.717) is 0 Å². The summed E-state index contributed by atoms with van der Waals surface area (Å²) in [7, 11) is 0. The molecule has 0 aromatic heterocycles. The second-order valence-corrected chi connectivity index (χ2v) is 0.268. The van der Waals surface area contributed by atoms with E-state index in [1.54, 1.807) is 0 Å². The summed E-state index contributed by atoms with van der Waals surface area (Å²) in [4.78, 5) is 4.50. The van der Waals surface area contributed by atoms with E-state index < -0.39 is 0 Å². The van der Waals surface area contributed by atoms with Crippen LogP contribution in [0.4, 0.5) is 0 Å². The summed E-state index contributed by atoms with van der Waals surface area (Å²) in [5.74, 6) is 0. The zero-order valence-corrected chi connectivity index (χ0v) is 5.52. The summed E-state index contributed by atoms with van der Waals surface area (Å²) in [5.41, 5.74) is 40.5. The molecule has 0 bridgehead atoms. The molecular formula is N9Si. The van der Waals surface area contributed by atoms with Crippen LogP contribution in [-0.4, -0.2) is 11.0 Å². The minimum absolute atomic E-state index is 0. The molecule has 0 unspecified atom stereocenters. The van der Waals surface area contributed by atoms with Crippen molar-refractivity contribution in [1.29, 1.82) is 0 Å². The van der Waals surface area contributed by atoms with Gasteiger partial charge in [0.15, 0.2) is 0 Å². The van der Waals surface area contributed by atoms with E-state index >= 15 is 0 Å². The third-order valence-corrected chi connectivity index (χ3v) is 0. The number of rotatable bonds is 0. The zero-order chi connectivity index (χ0) is 8.12. The smallest absolute Gasteiger partial charge is 0.373 e. The molecule has 0 rings (SSSR count). The summed E-state index contributed by atoms with van der Waals surface area (Å²) in [6.07, 6.45) is 0. The van der Waals surface area contributed by atoms with Crippen molar-refractivity contribution in [3.8, 4) is 0 Å². The molecule has 0 aliphatic carbocycles. The first-order valence-corrected chi connectivity index (χ1v) is 1.20. The van der Waals surface area contributed by atoms with E-state index in [1.165, 1.54) is 14.7 Å². The van der Waals surface area contributed by atoms with Crippen molar-refractivity contribution in [2.45, 2.75) is 0 Å². The zero-order valence-electron chi connectivity index (χ0n) is 4.52. The van der Waals surface area contributed by atoms with E-state index in [9.17, 15) is 0 Å². The van der Waals surface area contributed by atoms with Gasteiger partial charge in [-0.3, -0.25) is 14.7 Å². The Morgan fingerprint density at radius 3 is 0.500 bits per heavy atom. The second-order valence-electron chi connectivity index (χ2n) is 0.268. The summed E-state index contributed by atoms with van der Waals surface area (Å²) in [5, 5.41) is 0. The topological polar surface area (TPSA) is 176 Å². The largest absolute Gasteiger partial charge is 3.00 e. The van der Waals surface area contributed by atoms with Crippen molar-refractivity contribution in [3.05, 3.63) is 47.9 Å². The summed E-state index contributed by atoms with van der Waals surface area (Å²) in [6.45, 7) is 0. The van der Waals surface area contributed by atoms with Gasteiger partial charge in [0.05, 0.1) is 0 Å². The van der Waals surface area contributed by atoms with Gasteiger partial charge in [-0.05, 0) is 0 Å². The van der Waals surface area contributed by atoms with Gasteiger partial charge in [0.25, 0.3) is 0 Å². The van der Waals surface area contributed by atoms with Crippen molar-refractivity contribution in [2.24, 2.45) is 0 Å². The maximum atomic E-state index is 6.75. The number of nitrogens with zero attached hydrogens (tertiary/aromatic N) is 9. The fourth-order valence-electron chi connectivity index (χ4n) is 0. The van der Waals surface area contributed by atoms with E-state index in [0.717, 1.165) is 0 Å². The third kappa shape index (κ3) is 47.4. The minimum atomic E-state index is 0. The van der Waals surface area contributed by atoms with Crippen molar-refractivity contribution >= 4 is 11.0 Å².